The topological polar surface area (TPSA) is 26.7 Å². The van der Waals surface area contributed by atoms with Crippen molar-refractivity contribution in [3.63, 3.8) is 0 Å². The Kier molecular flexibility index (Phi) is 4.16. The molecule has 0 amide bonds. The molecule has 1 atom stereocenters. The highest BCUT2D eigenvalue weighted by Crippen LogP contribution is 2.25. The quantitative estimate of drug-likeness (QED) is 0.887. The van der Waals surface area contributed by atoms with Crippen molar-refractivity contribution >= 4 is 5.69 Å². The number of piperazine rings is 1. The van der Waals surface area contributed by atoms with E-state index in [2.05, 4.69) is 54.8 Å². The maximum Gasteiger partial charge on any atom is 0.104 e. The molecule has 1 aromatic rings. The first-order valence-corrected chi connectivity index (χ1v) is 7.15. The summed E-state index contributed by atoms with van der Waals surface area (Å²) in [4.78, 5) is 4.51. The van der Waals surface area contributed by atoms with Crippen LogP contribution >= 0.6 is 0 Å². The second-order valence-corrected chi connectivity index (χ2v) is 6.45. The summed E-state index contributed by atoms with van der Waals surface area (Å²) in [5, 5.41) is 9.57. The van der Waals surface area contributed by atoms with Gasteiger partial charge in [0.25, 0.3) is 0 Å². The van der Waals surface area contributed by atoms with Crippen LogP contribution in [0.15, 0.2) is 24.3 Å². The van der Waals surface area contributed by atoms with Crippen molar-refractivity contribution in [3.05, 3.63) is 29.8 Å². The molecule has 2 rings (SSSR count). The van der Waals surface area contributed by atoms with Crippen LogP contribution in [0.5, 0.6) is 0 Å². The van der Waals surface area contributed by atoms with E-state index in [0.29, 0.717) is 0 Å². The Balaban J connectivity index is 2.00. The fourth-order valence-electron chi connectivity index (χ4n) is 2.53. The van der Waals surface area contributed by atoms with Crippen LogP contribution in [0.25, 0.3) is 0 Å². The lowest BCUT2D eigenvalue weighted by atomic mass is 9.87. The molecule has 1 aliphatic rings. The third kappa shape index (κ3) is 3.48. The fraction of sp³-hybridized carbons (Fsp3) is 0.625. The van der Waals surface area contributed by atoms with Crippen LogP contribution in [0, 0.1) is 0 Å². The molecule has 3 nitrogen and oxygen atoms in total. The molecule has 0 saturated carbocycles. The SMILES string of the molecule is CC(O)N1CCN(c2ccc(C(C)(C)C)cc2)CC1. The first-order valence-electron chi connectivity index (χ1n) is 7.15. The Morgan fingerprint density at radius 3 is 1.95 bits per heavy atom. The zero-order chi connectivity index (χ0) is 14.0. The molecule has 1 saturated heterocycles. The fourth-order valence-corrected chi connectivity index (χ4v) is 2.53. The Morgan fingerprint density at radius 2 is 1.53 bits per heavy atom. The maximum absolute atomic E-state index is 9.57. The lowest BCUT2D eigenvalue weighted by Crippen LogP contribution is -2.49. The zero-order valence-corrected chi connectivity index (χ0v) is 12.6. The van der Waals surface area contributed by atoms with E-state index in [0.717, 1.165) is 26.2 Å². The van der Waals surface area contributed by atoms with Gasteiger partial charge in [-0.3, -0.25) is 4.90 Å². The molecule has 106 valence electrons. The molecule has 19 heavy (non-hydrogen) atoms. The van der Waals surface area contributed by atoms with Gasteiger partial charge in [0.05, 0.1) is 0 Å². The number of hydrogen-bond donors (Lipinski definition) is 1. The molecule has 0 aromatic heterocycles. The van der Waals surface area contributed by atoms with Crippen LogP contribution in [-0.2, 0) is 5.41 Å². The van der Waals surface area contributed by atoms with E-state index in [9.17, 15) is 5.11 Å². The normalized spacial score (nSPS) is 19.5. The van der Waals surface area contributed by atoms with Crippen LogP contribution < -0.4 is 4.90 Å². The average molecular weight is 262 g/mol. The molecule has 1 unspecified atom stereocenters. The molecule has 1 aromatic carbocycles. The molecule has 3 heteroatoms. The third-order valence-corrected chi connectivity index (χ3v) is 3.94. The van der Waals surface area contributed by atoms with E-state index in [1.54, 1.807) is 0 Å². The summed E-state index contributed by atoms with van der Waals surface area (Å²) >= 11 is 0. The van der Waals surface area contributed by atoms with Gasteiger partial charge in [-0.15, -0.1) is 0 Å². The second kappa shape index (κ2) is 5.51. The maximum atomic E-state index is 9.57. The lowest BCUT2D eigenvalue weighted by Gasteiger charge is -2.37. The van der Waals surface area contributed by atoms with Crippen LogP contribution in [0.1, 0.15) is 33.3 Å². The molecule has 1 fully saturated rings. The predicted molar refractivity (Wildman–Crippen MR) is 80.6 cm³/mol. The summed E-state index contributed by atoms with van der Waals surface area (Å²) in [6.45, 7) is 12.4. The Bertz CT molecular complexity index is 398. The highest BCUT2D eigenvalue weighted by Gasteiger charge is 2.20. The largest absolute Gasteiger partial charge is 0.379 e. The van der Waals surface area contributed by atoms with Crippen molar-refractivity contribution < 1.29 is 5.11 Å². The standard InChI is InChI=1S/C16H26N2O/c1-13(19)17-9-11-18(12-10-17)15-7-5-14(6-8-15)16(2,3)4/h5-8,13,19H,9-12H2,1-4H3. The van der Waals surface area contributed by atoms with Crippen LogP contribution in [0.2, 0.25) is 0 Å². The smallest absolute Gasteiger partial charge is 0.104 e. The van der Waals surface area contributed by atoms with Crippen molar-refractivity contribution in [2.24, 2.45) is 0 Å². The van der Waals surface area contributed by atoms with Gasteiger partial charge in [-0.1, -0.05) is 32.9 Å². The van der Waals surface area contributed by atoms with Gasteiger partial charge in [0.2, 0.25) is 0 Å². The van der Waals surface area contributed by atoms with E-state index < -0.39 is 0 Å². The number of benzene rings is 1. The number of hydrogen-bond acceptors (Lipinski definition) is 3. The van der Waals surface area contributed by atoms with Crippen LogP contribution in [-0.4, -0.2) is 42.4 Å². The van der Waals surface area contributed by atoms with E-state index in [1.165, 1.54) is 11.3 Å². The van der Waals surface area contributed by atoms with Gasteiger partial charge in [0.1, 0.15) is 6.23 Å². The molecule has 1 aliphatic heterocycles. The molecular weight excluding hydrogens is 236 g/mol. The third-order valence-electron chi connectivity index (χ3n) is 3.94. The van der Waals surface area contributed by atoms with Gasteiger partial charge >= 0.3 is 0 Å². The van der Waals surface area contributed by atoms with Gasteiger partial charge in [-0.2, -0.15) is 0 Å². The molecule has 0 aliphatic carbocycles. The van der Waals surface area contributed by atoms with Crippen molar-refractivity contribution in [2.45, 2.75) is 39.3 Å². The highest BCUT2D eigenvalue weighted by molar-refractivity contribution is 5.49. The first-order chi connectivity index (χ1) is 8.88. The second-order valence-electron chi connectivity index (χ2n) is 6.45. The highest BCUT2D eigenvalue weighted by atomic mass is 16.3. The lowest BCUT2D eigenvalue weighted by molar-refractivity contribution is 0.0153. The molecule has 1 N–H and O–H groups in total. The summed E-state index contributed by atoms with van der Waals surface area (Å²) in [5.41, 5.74) is 2.88. The van der Waals surface area contributed by atoms with E-state index in [4.69, 9.17) is 0 Å². The van der Waals surface area contributed by atoms with E-state index >= 15 is 0 Å². The average Bonchev–Trinajstić information content (AvgIpc) is 2.38. The Hall–Kier alpha value is -1.06. The molecule has 1 heterocycles. The van der Waals surface area contributed by atoms with Gasteiger partial charge < -0.3 is 10.0 Å². The van der Waals surface area contributed by atoms with Crippen molar-refractivity contribution in [1.82, 2.24) is 4.90 Å². The number of aliphatic hydroxyl groups is 1. The van der Waals surface area contributed by atoms with Crippen LogP contribution in [0.4, 0.5) is 5.69 Å². The summed E-state index contributed by atoms with van der Waals surface area (Å²) in [7, 11) is 0. The number of aliphatic hydroxyl groups excluding tert-OH is 1. The zero-order valence-electron chi connectivity index (χ0n) is 12.6. The first kappa shape index (κ1) is 14.4. The molecular formula is C16H26N2O. The number of anilines is 1. The minimum atomic E-state index is -0.328. The number of nitrogens with zero attached hydrogens (tertiary/aromatic N) is 2. The monoisotopic (exact) mass is 262 g/mol. The van der Waals surface area contributed by atoms with Crippen molar-refractivity contribution in [2.75, 3.05) is 31.1 Å². The van der Waals surface area contributed by atoms with E-state index in [1.807, 2.05) is 6.92 Å². The number of rotatable bonds is 2. The summed E-state index contributed by atoms with van der Waals surface area (Å²) < 4.78 is 0. The van der Waals surface area contributed by atoms with Gasteiger partial charge in [0, 0.05) is 31.9 Å². The minimum Gasteiger partial charge on any atom is -0.379 e. The van der Waals surface area contributed by atoms with Crippen LogP contribution in [0.3, 0.4) is 0 Å². The minimum absolute atomic E-state index is 0.212. The van der Waals surface area contributed by atoms with Gasteiger partial charge in [-0.25, -0.2) is 0 Å². The summed E-state index contributed by atoms with van der Waals surface area (Å²) in [6.07, 6.45) is -0.328. The summed E-state index contributed by atoms with van der Waals surface area (Å²) in [5.74, 6) is 0. The predicted octanol–water partition coefficient (Wildman–Crippen LogP) is 2.44. The summed E-state index contributed by atoms with van der Waals surface area (Å²) in [6, 6.07) is 8.91. The van der Waals surface area contributed by atoms with E-state index in [-0.39, 0.29) is 11.6 Å². The van der Waals surface area contributed by atoms with Crippen molar-refractivity contribution in [3.8, 4) is 0 Å². The molecule has 0 bridgehead atoms. The molecule has 0 spiro atoms. The molecule has 0 radical (unpaired) electrons. The van der Waals surface area contributed by atoms with Crippen molar-refractivity contribution in [1.29, 1.82) is 0 Å². The Labute approximate surface area is 116 Å². The van der Waals surface area contributed by atoms with Gasteiger partial charge in [0.15, 0.2) is 0 Å². The van der Waals surface area contributed by atoms with Gasteiger partial charge in [-0.05, 0) is 30.0 Å². The Morgan fingerprint density at radius 1 is 1.00 bits per heavy atom.